The fourth-order valence-electron chi connectivity index (χ4n) is 2.28. The van der Waals surface area contributed by atoms with E-state index >= 15 is 0 Å². The Labute approximate surface area is 123 Å². The molecule has 0 spiro atoms. The van der Waals surface area contributed by atoms with E-state index in [2.05, 4.69) is 36.5 Å². The second-order valence-corrected chi connectivity index (χ2v) is 7.66. The zero-order valence-corrected chi connectivity index (χ0v) is 13.5. The third-order valence-corrected chi connectivity index (χ3v) is 4.38. The molecule has 114 valence electrons. The maximum Gasteiger partial charge on any atom is 0.147 e. The molecule has 0 aliphatic heterocycles. The molecule has 0 aliphatic carbocycles. The molecule has 0 saturated heterocycles. The van der Waals surface area contributed by atoms with Crippen LogP contribution >= 0.6 is 0 Å². The fourth-order valence-corrected chi connectivity index (χ4v) is 3.01. The summed E-state index contributed by atoms with van der Waals surface area (Å²) in [7, 11) is -2.81. The molecule has 0 heterocycles. The monoisotopic (exact) mass is 297 g/mol. The lowest BCUT2D eigenvalue weighted by molar-refractivity contribution is 0.474. The highest BCUT2D eigenvalue weighted by Crippen LogP contribution is 2.19. The molecule has 1 aromatic carbocycles. The third-order valence-electron chi connectivity index (χ3n) is 3.35. The van der Waals surface area contributed by atoms with Crippen LogP contribution in [0.2, 0.25) is 0 Å². The summed E-state index contributed by atoms with van der Waals surface area (Å²) in [5, 5.41) is 3.57. The van der Waals surface area contributed by atoms with Crippen LogP contribution in [0.25, 0.3) is 0 Å². The first-order valence-corrected chi connectivity index (χ1v) is 9.55. The Balaban J connectivity index is 2.38. The van der Waals surface area contributed by atoms with Crippen LogP contribution in [0.1, 0.15) is 50.6 Å². The van der Waals surface area contributed by atoms with Gasteiger partial charge in [-0.05, 0) is 31.4 Å². The maximum absolute atomic E-state index is 11.1. The molecule has 0 aromatic heterocycles. The van der Waals surface area contributed by atoms with Crippen molar-refractivity contribution in [2.75, 3.05) is 18.6 Å². The Morgan fingerprint density at radius 1 is 1.10 bits per heavy atom. The molecule has 1 aromatic rings. The van der Waals surface area contributed by atoms with Gasteiger partial charge in [-0.25, -0.2) is 8.42 Å². The molecule has 0 radical (unpaired) electrons. The summed E-state index contributed by atoms with van der Waals surface area (Å²) in [6.45, 7) is 3.18. The minimum atomic E-state index is -2.81. The van der Waals surface area contributed by atoms with Gasteiger partial charge in [-0.1, -0.05) is 50.1 Å². The first kappa shape index (κ1) is 17.2. The van der Waals surface area contributed by atoms with E-state index in [-0.39, 0.29) is 0 Å². The lowest BCUT2D eigenvalue weighted by atomic mass is 10.0. The van der Waals surface area contributed by atoms with Crippen LogP contribution in [0.3, 0.4) is 0 Å². The molecule has 20 heavy (non-hydrogen) atoms. The smallest absolute Gasteiger partial charge is 0.147 e. The Hall–Kier alpha value is -0.870. The van der Waals surface area contributed by atoms with E-state index < -0.39 is 9.84 Å². The summed E-state index contributed by atoms with van der Waals surface area (Å²) < 4.78 is 22.2. The van der Waals surface area contributed by atoms with Gasteiger partial charge < -0.3 is 5.32 Å². The predicted octanol–water partition coefficient (Wildman–Crippen LogP) is 3.33. The third kappa shape index (κ3) is 7.65. The van der Waals surface area contributed by atoms with Crippen molar-refractivity contribution in [3.63, 3.8) is 0 Å². The summed E-state index contributed by atoms with van der Waals surface area (Å²) >= 11 is 0. The predicted molar refractivity (Wildman–Crippen MR) is 85.7 cm³/mol. The van der Waals surface area contributed by atoms with E-state index in [0.717, 1.165) is 38.6 Å². The Bertz CT molecular complexity index is 457. The number of hydrogen-bond donors (Lipinski definition) is 1. The molecular weight excluding hydrogens is 270 g/mol. The van der Waals surface area contributed by atoms with Crippen molar-refractivity contribution in [3.8, 4) is 0 Å². The van der Waals surface area contributed by atoms with Crippen LogP contribution in [0.15, 0.2) is 30.3 Å². The number of rotatable bonds is 10. The number of nitrogens with one attached hydrogen (secondary N) is 1. The van der Waals surface area contributed by atoms with Crippen molar-refractivity contribution in [2.24, 2.45) is 0 Å². The zero-order chi connectivity index (χ0) is 14.8. The normalized spacial score (nSPS) is 13.3. The van der Waals surface area contributed by atoms with E-state index in [4.69, 9.17) is 0 Å². The molecule has 0 aliphatic rings. The highest BCUT2D eigenvalue weighted by atomic mass is 32.2. The molecule has 1 N–H and O–H groups in total. The maximum atomic E-state index is 11.1. The van der Waals surface area contributed by atoms with Crippen molar-refractivity contribution in [3.05, 3.63) is 35.9 Å². The average molecular weight is 297 g/mol. The van der Waals surface area contributed by atoms with Gasteiger partial charge in [0.2, 0.25) is 0 Å². The summed E-state index contributed by atoms with van der Waals surface area (Å²) in [5.74, 6) is 0.311. The lowest BCUT2D eigenvalue weighted by Gasteiger charge is -2.19. The summed E-state index contributed by atoms with van der Waals surface area (Å²) in [6.07, 6.45) is 6.30. The molecular formula is C16H27NO2S. The van der Waals surface area contributed by atoms with E-state index in [1.165, 1.54) is 11.8 Å². The van der Waals surface area contributed by atoms with Crippen molar-refractivity contribution < 1.29 is 8.42 Å². The van der Waals surface area contributed by atoms with Gasteiger partial charge in [0, 0.05) is 18.1 Å². The molecule has 3 nitrogen and oxygen atoms in total. The van der Waals surface area contributed by atoms with Gasteiger partial charge in [0.1, 0.15) is 9.84 Å². The van der Waals surface area contributed by atoms with Crippen LogP contribution < -0.4 is 5.32 Å². The highest BCUT2D eigenvalue weighted by molar-refractivity contribution is 7.90. The average Bonchev–Trinajstić information content (AvgIpc) is 2.41. The van der Waals surface area contributed by atoms with Gasteiger partial charge in [-0.2, -0.15) is 0 Å². The summed E-state index contributed by atoms with van der Waals surface area (Å²) in [6, 6.07) is 10.9. The van der Waals surface area contributed by atoms with Crippen molar-refractivity contribution in [2.45, 2.75) is 45.1 Å². The largest absolute Gasteiger partial charge is 0.310 e. The van der Waals surface area contributed by atoms with E-state index in [1.807, 2.05) is 6.07 Å². The van der Waals surface area contributed by atoms with Gasteiger partial charge in [0.05, 0.1) is 0 Å². The van der Waals surface area contributed by atoms with Crippen LogP contribution in [0, 0.1) is 0 Å². The molecule has 1 atom stereocenters. The zero-order valence-electron chi connectivity index (χ0n) is 12.6. The van der Waals surface area contributed by atoms with Gasteiger partial charge in [0.25, 0.3) is 0 Å². The first-order valence-electron chi connectivity index (χ1n) is 7.49. The molecule has 0 bridgehead atoms. The van der Waals surface area contributed by atoms with Crippen LogP contribution in [-0.2, 0) is 9.84 Å². The standard InChI is InChI=1S/C16H27NO2S/c1-3-13-17-16(15-10-6-4-7-11-15)12-8-5-9-14-20(2,18)19/h4,6-7,10-11,16-17H,3,5,8-9,12-14H2,1-2H3. The topological polar surface area (TPSA) is 46.2 Å². The number of hydrogen-bond acceptors (Lipinski definition) is 3. The SMILES string of the molecule is CCCNC(CCCCCS(C)(=O)=O)c1ccccc1. The van der Waals surface area contributed by atoms with Crippen LogP contribution in [0.4, 0.5) is 0 Å². The second-order valence-electron chi connectivity index (χ2n) is 5.40. The molecule has 0 fully saturated rings. The van der Waals surface area contributed by atoms with E-state index in [0.29, 0.717) is 11.8 Å². The first-order chi connectivity index (χ1) is 9.53. The van der Waals surface area contributed by atoms with Crippen molar-refractivity contribution in [1.82, 2.24) is 5.32 Å². The fraction of sp³-hybridized carbons (Fsp3) is 0.625. The molecule has 0 amide bonds. The molecule has 1 unspecified atom stereocenters. The highest BCUT2D eigenvalue weighted by Gasteiger charge is 2.10. The Kier molecular flexibility index (Phi) is 7.85. The molecule has 1 rings (SSSR count). The lowest BCUT2D eigenvalue weighted by Crippen LogP contribution is -2.22. The number of sulfone groups is 1. The van der Waals surface area contributed by atoms with Gasteiger partial charge >= 0.3 is 0 Å². The summed E-state index contributed by atoms with van der Waals surface area (Å²) in [5.41, 5.74) is 1.32. The van der Waals surface area contributed by atoms with Crippen molar-refractivity contribution >= 4 is 9.84 Å². The van der Waals surface area contributed by atoms with Gasteiger partial charge in [-0.3, -0.25) is 0 Å². The second kappa shape index (κ2) is 9.14. The quantitative estimate of drug-likeness (QED) is 0.674. The minimum Gasteiger partial charge on any atom is -0.310 e. The van der Waals surface area contributed by atoms with Gasteiger partial charge in [-0.15, -0.1) is 0 Å². The Morgan fingerprint density at radius 3 is 2.40 bits per heavy atom. The van der Waals surface area contributed by atoms with Crippen molar-refractivity contribution in [1.29, 1.82) is 0 Å². The van der Waals surface area contributed by atoms with E-state index in [1.54, 1.807) is 0 Å². The van der Waals surface area contributed by atoms with Crippen LogP contribution in [-0.4, -0.2) is 27.0 Å². The Morgan fingerprint density at radius 2 is 1.80 bits per heavy atom. The number of unbranched alkanes of at least 4 members (excludes halogenated alkanes) is 2. The minimum absolute atomic E-state index is 0.311. The summed E-state index contributed by atoms with van der Waals surface area (Å²) in [4.78, 5) is 0. The van der Waals surface area contributed by atoms with E-state index in [9.17, 15) is 8.42 Å². The molecule has 4 heteroatoms. The number of benzene rings is 1. The van der Waals surface area contributed by atoms with Crippen LogP contribution in [0.5, 0.6) is 0 Å². The van der Waals surface area contributed by atoms with Gasteiger partial charge in [0.15, 0.2) is 0 Å². The molecule has 0 saturated carbocycles.